The molecule has 3 fully saturated rings. The van der Waals surface area contributed by atoms with E-state index in [9.17, 15) is 23.2 Å². The molecule has 15 nitrogen and oxygen atoms in total. The summed E-state index contributed by atoms with van der Waals surface area (Å²) in [6.45, 7) is 3.24. The van der Waals surface area contributed by atoms with Gasteiger partial charge in [0.25, 0.3) is 0 Å². The zero-order chi connectivity index (χ0) is 40.6. The maximum absolute atomic E-state index is 14.0. The second-order valence-corrected chi connectivity index (χ2v) is 14.9. The van der Waals surface area contributed by atoms with Gasteiger partial charge in [-0.2, -0.15) is 0 Å². The number of benzene rings is 3. The van der Waals surface area contributed by atoms with E-state index in [1.54, 1.807) is 0 Å². The molecule has 5 aliphatic rings. The van der Waals surface area contributed by atoms with Crippen LogP contribution in [-0.2, 0) is 16.0 Å². The molecule has 3 aliphatic heterocycles. The summed E-state index contributed by atoms with van der Waals surface area (Å²) in [6.07, 6.45) is 4.70. The summed E-state index contributed by atoms with van der Waals surface area (Å²) < 4.78 is 49.6. The average molecular weight is 816 g/mol. The largest absolute Gasteiger partial charge is 0.493 e. The summed E-state index contributed by atoms with van der Waals surface area (Å²) >= 11 is 0. The van der Waals surface area contributed by atoms with E-state index >= 15 is 0 Å². The minimum absolute atomic E-state index is 0. The van der Waals surface area contributed by atoms with Crippen LogP contribution in [0.3, 0.4) is 0 Å². The van der Waals surface area contributed by atoms with Crippen LogP contribution in [0.25, 0.3) is 0 Å². The number of aliphatic carboxylic acids is 2. The molecule has 0 bridgehead atoms. The first kappa shape index (κ1) is 44.0. The van der Waals surface area contributed by atoms with Crippen molar-refractivity contribution in [2.75, 3.05) is 33.1 Å². The van der Waals surface area contributed by atoms with Gasteiger partial charge in [0, 0.05) is 47.8 Å². The molecule has 2 saturated carbocycles. The lowest BCUT2D eigenvalue weighted by molar-refractivity contribution is -0.165. The number of amides is 1. The van der Waals surface area contributed by atoms with Gasteiger partial charge in [0.1, 0.15) is 18.2 Å². The molecule has 1 amide bonds. The third kappa shape index (κ3) is 10.5. The van der Waals surface area contributed by atoms with Crippen LogP contribution in [0, 0.1) is 17.6 Å². The van der Waals surface area contributed by atoms with Crippen molar-refractivity contribution < 1.29 is 68.0 Å². The minimum atomic E-state index is -2.27. The average Bonchev–Trinajstić information content (AvgIpc) is 3.64. The number of rotatable bonds is 11. The van der Waals surface area contributed by atoms with E-state index < -0.39 is 35.9 Å². The van der Waals surface area contributed by atoms with E-state index in [-0.39, 0.29) is 29.9 Å². The predicted molar refractivity (Wildman–Crippen MR) is 204 cm³/mol. The summed E-state index contributed by atoms with van der Waals surface area (Å²) in [4.78, 5) is 33.8. The van der Waals surface area contributed by atoms with Gasteiger partial charge in [0.05, 0.1) is 6.61 Å². The summed E-state index contributed by atoms with van der Waals surface area (Å²) in [5.41, 5.74) is 7.70. The molecule has 316 valence electrons. The highest BCUT2D eigenvalue weighted by Crippen LogP contribution is 2.40. The number of nitrogens with zero attached hydrogens (tertiary/aromatic N) is 1. The van der Waals surface area contributed by atoms with Crippen molar-refractivity contribution in [3.63, 3.8) is 0 Å². The predicted octanol–water partition coefficient (Wildman–Crippen LogP) is 3.01. The number of carbonyl (C=O) groups excluding carboxylic acids is 1. The Balaban J connectivity index is 0.000000178. The summed E-state index contributed by atoms with van der Waals surface area (Å²) in [7, 11) is 0. The van der Waals surface area contributed by atoms with E-state index in [2.05, 4.69) is 10.2 Å². The van der Waals surface area contributed by atoms with E-state index in [0.717, 1.165) is 36.8 Å². The van der Waals surface area contributed by atoms with Gasteiger partial charge in [-0.3, -0.25) is 9.69 Å². The molecule has 3 aromatic rings. The van der Waals surface area contributed by atoms with E-state index in [0.29, 0.717) is 54.7 Å². The molecule has 3 heterocycles. The number of primary amides is 1. The molecule has 0 spiro atoms. The fraction of sp³-hybridized carbons (Fsp3) is 0.488. The van der Waals surface area contributed by atoms with Crippen LogP contribution in [0.4, 0.5) is 8.78 Å². The lowest BCUT2D eigenvalue weighted by atomic mass is 9.81. The second kappa shape index (κ2) is 20.1. The van der Waals surface area contributed by atoms with Crippen LogP contribution >= 0.6 is 0 Å². The van der Waals surface area contributed by atoms with Gasteiger partial charge in [-0.1, -0.05) is 25.0 Å². The number of aliphatic hydroxyl groups excluding tert-OH is 2. The van der Waals surface area contributed by atoms with Crippen molar-refractivity contribution in [3.05, 3.63) is 82.9 Å². The van der Waals surface area contributed by atoms with Gasteiger partial charge >= 0.3 is 11.9 Å². The van der Waals surface area contributed by atoms with Crippen LogP contribution in [-0.4, -0.2) is 112 Å². The first-order valence-electron chi connectivity index (χ1n) is 19.2. The van der Waals surface area contributed by atoms with Crippen LogP contribution in [0.15, 0.2) is 54.6 Å². The topological polar surface area (TPSA) is 242 Å². The molecule has 8 rings (SSSR count). The molecule has 1 saturated heterocycles. The lowest BCUT2D eigenvalue weighted by Crippen LogP contribution is -2.57. The Bertz CT molecular complexity index is 1850. The van der Waals surface area contributed by atoms with Crippen LogP contribution in [0.1, 0.15) is 72.3 Å². The number of carboxylic acids is 2. The Morgan fingerprint density at radius 1 is 0.845 bits per heavy atom. The van der Waals surface area contributed by atoms with Gasteiger partial charge in [-0.25, -0.2) is 18.4 Å². The number of nitrogens with two attached hydrogens (primary N) is 1. The fourth-order valence-corrected chi connectivity index (χ4v) is 7.81. The Labute approximate surface area is 333 Å². The fourth-order valence-electron chi connectivity index (χ4n) is 7.81. The van der Waals surface area contributed by atoms with Crippen molar-refractivity contribution in [2.24, 2.45) is 11.7 Å². The van der Waals surface area contributed by atoms with Crippen molar-refractivity contribution in [3.8, 4) is 23.0 Å². The smallest absolute Gasteiger partial charge is 0.335 e. The number of nitrogens with one attached hydrogen (secondary N) is 1. The van der Waals surface area contributed by atoms with Crippen LogP contribution < -0.4 is 30.0 Å². The molecule has 2 aliphatic carbocycles. The van der Waals surface area contributed by atoms with E-state index in [1.807, 2.05) is 30.3 Å². The number of hydrogen-bond donors (Lipinski definition) is 6. The van der Waals surface area contributed by atoms with Gasteiger partial charge in [-0.15, -0.1) is 0 Å². The zero-order valence-corrected chi connectivity index (χ0v) is 31.9. The highest BCUT2D eigenvalue weighted by Gasteiger charge is 2.41. The number of aliphatic hydroxyl groups is 2. The molecule has 0 radical (unpaired) electrons. The Hall–Kier alpha value is -5.07. The Morgan fingerprint density at radius 2 is 1.48 bits per heavy atom. The SMILES string of the molecule is Fc1ccc([C@@H]2CCNC[C@H]2COc2ccc3c(c2)OCO3)cc1.NC(=O)c1ccc(F)c2c1C[C@@H](N(C1CCC1)C1CCC1)CO2.O.O=C(O)[C@H](O)[C@@H](O)C(=O)O. The number of fused-ring (bicyclic) bond motifs is 2. The maximum atomic E-state index is 14.0. The third-order valence-electron chi connectivity index (χ3n) is 11.3. The van der Waals surface area contributed by atoms with Gasteiger partial charge in [-0.05, 0) is 92.9 Å². The van der Waals surface area contributed by atoms with Crippen molar-refractivity contribution in [1.82, 2.24) is 10.2 Å². The number of piperidine rings is 1. The standard InChI is InChI=1S/C19H20FNO3.C18H23FN2O2.C4H6O6.H2O/c20-15-3-1-13(2-4-15)17-7-8-21-10-14(17)11-22-16-5-6-18-19(9-16)24-12-23-18;19-16-8-7-14(18(20)22)15-9-13(10-23-17(15)16)21(11-3-1-4-11)12-5-2-6-12;5-1(3(7)8)2(6)4(9)10;/h1-6,9,14,17,21H,7-8,10-12H2;7-8,11-13H,1-6,9-10H2,(H2,20,22);1-2,5-6H,(H,7,8)(H,9,10);1H2/t14-,17-;13-;1-,2-;/m011./s1. The number of ether oxygens (including phenoxy) is 4. The lowest BCUT2D eigenvalue weighted by Gasteiger charge is -2.51. The quantitative estimate of drug-likeness (QED) is 0.163. The monoisotopic (exact) mass is 815 g/mol. The molecule has 0 aromatic heterocycles. The van der Waals surface area contributed by atoms with E-state index in [1.165, 1.54) is 68.4 Å². The molecule has 9 N–H and O–H groups in total. The molecule has 0 unspecified atom stereocenters. The molecular formula is C41H51F2N3O12. The van der Waals surface area contributed by atoms with Crippen molar-refractivity contribution in [2.45, 2.75) is 87.6 Å². The van der Waals surface area contributed by atoms with Gasteiger partial charge in [0.2, 0.25) is 12.7 Å². The van der Waals surface area contributed by atoms with Crippen LogP contribution in [0.5, 0.6) is 23.0 Å². The highest BCUT2D eigenvalue weighted by atomic mass is 19.1. The second-order valence-electron chi connectivity index (χ2n) is 14.9. The van der Waals surface area contributed by atoms with E-state index in [4.69, 9.17) is 45.1 Å². The number of halogens is 2. The summed E-state index contributed by atoms with van der Waals surface area (Å²) in [5, 5.41) is 36.0. The zero-order valence-electron chi connectivity index (χ0n) is 31.9. The van der Waals surface area contributed by atoms with Crippen molar-refractivity contribution in [1.29, 1.82) is 0 Å². The number of carboxylic acid groups (broad SMARTS) is 2. The first-order valence-corrected chi connectivity index (χ1v) is 19.2. The minimum Gasteiger partial charge on any atom is -0.493 e. The number of carbonyl (C=O) groups is 3. The third-order valence-corrected chi connectivity index (χ3v) is 11.3. The first-order chi connectivity index (χ1) is 27.4. The molecule has 3 aromatic carbocycles. The van der Waals surface area contributed by atoms with Crippen LogP contribution in [0.2, 0.25) is 0 Å². The summed E-state index contributed by atoms with van der Waals surface area (Å²) in [5.74, 6) is -1.44. The van der Waals surface area contributed by atoms with Gasteiger partial charge < -0.3 is 55.9 Å². The molecule has 58 heavy (non-hydrogen) atoms. The number of hydrogen-bond acceptors (Lipinski definition) is 11. The molecule has 5 atom stereocenters. The highest BCUT2D eigenvalue weighted by molar-refractivity contribution is 5.95. The maximum Gasteiger partial charge on any atom is 0.335 e. The summed E-state index contributed by atoms with van der Waals surface area (Å²) in [6, 6.07) is 16.7. The van der Waals surface area contributed by atoms with Gasteiger partial charge in [0.15, 0.2) is 35.3 Å². The Morgan fingerprint density at radius 3 is 2.07 bits per heavy atom. The normalized spacial score (nSPS) is 21.7. The van der Waals surface area contributed by atoms with Crippen molar-refractivity contribution >= 4 is 17.8 Å². The molecule has 17 heteroatoms. The Kier molecular flexibility index (Phi) is 15.2. The molecular weight excluding hydrogens is 764 g/mol.